The van der Waals surface area contributed by atoms with Crippen molar-refractivity contribution in [3.8, 4) is 0 Å². The lowest BCUT2D eigenvalue weighted by atomic mass is 10.1. The van der Waals surface area contributed by atoms with Crippen LogP contribution in [0.4, 0.5) is 4.39 Å². The summed E-state index contributed by atoms with van der Waals surface area (Å²) < 4.78 is 40.1. The van der Waals surface area contributed by atoms with E-state index >= 15 is 0 Å². The third kappa shape index (κ3) is 3.39. The summed E-state index contributed by atoms with van der Waals surface area (Å²) in [6, 6.07) is 4.94. The molecule has 126 valence electrons. The number of carbonyl (C=O) groups excluding carboxylic acids is 1. The quantitative estimate of drug-likeness (QED) is 0.865. The van der Waals surface area contributed by atoms with Gasteiger partial charge < -0.3 is 10.2 Å². The Balaban J connectivity index is 1.79. The molecule has 1 aromatic carbocycles. The maximum absolute atomic E-state index is 13.3. The zero-order valence-corrected chi connectivity index (χ0v) is 13.6. The Morgan fingerprint density at radius 1 is 1.26 bits per heavy atom. The molecule has 2 aliphatic rings. The summed E-state index contributed by atoms with van der Waals surface area (Å²) in [5.41, 5.74) is 0. The summed E-state index contributed by atoms with van der Waals surface area (Å²) in [6.07, 6.45) is 1.48. The van der Waals surface area contributed by atoms with Gasteiger partial charge in [-0.1, -0.05) is 6.07 Å². The molecule has 6 nitrogen and oxygen atoms in total. The Hall–Kier alpha value is -1.51. The van der Waals surface area contributed by atoms with Crippen molar-refractivity contribution in [1.29, 1.82) is 0 Å². The molecule has 23 heavy (non-hydrogen) atoms. The van der Waals surface area contributed by atoms with Crippen LogP contribution in [-0.2, 0) is 14.8 Å². The summed E-state index contributed by atoms with van der Waals surface area (Å²) in [4.78, 5) is 13.7. The third-order valence-corrected chi connectivity index (χ3v) is 6.22. The molecule has 0 aliphatic carbocycles. The molecule has 2 saturated heterocycles. The molecule has 1 unspecified atom stereocenters. The Bertz CT molecular complexity index is 695. The van der Waals surface area contributed by atoms with Gasteiger partial charge in [0.15, 0.2) is 0 Å². The van der Waals surface area contributed by atoms with Crippen LogP contribution in [0.15, 0.2) is 29.2 Å². The van der Waals surface area contributed by atoms with Crippen molar-refractivity contribution in [1.82, 2.24) is 14.5 Å². The molecule has 0 bridgehead atoms. The van der Waals surface area contributed by atoms with Crippen LogP contribution in [0.3, 0.4) is 0 Å². The molecular formula is C15H20FN3O3S. The van der Waals surface area contributed by atoms with Gasteiger partial charge in [-0.05, 0) is 31.0 Å². The number of hydrogen-bond acceptors (Lipinski definition) is 4. The highest BCUT2D eigenvalue weighted by molar-refractivity contribution is 7.89. The van der Waals surface area contributed by atoms with Crippen molar-refractivity contribution < 1.29 is 17.6 Å². The van der Waals surface area contributed by atoms with Gasteiger partial charge in [0.2, 0.25) is 15.9 Å². The number of benzene rings is 1. The van der Waals surface area contributed by atoms with Crippen LogP contribution in [0.25, 0.3) is 0 Å². The maximum atomic E-state index is 13.3. The first kappa shape index (κ1) is 16.4. The first-order valence-electron chi connectivity index (χ1n) is 7.74. The number of halogens is 1. The minimum atomic E-state index is -3.73. The summed E-state index contributed by atoms with van der Waals surface area (Å²) >= 11 is 0. The smallest absolute Gasteiger partial charge is 0.243 e. The van der Waals surface area contributed by atoms with Gasteiger partial charge in [0.25, 0.3) is 0 Å². The molecule has 1 atom stereocenters. The van der Waals surface area contributed by atoms with Crippen molar-refractivity contribution in [2.24, 2.45) is 0 Å². The minimum Gasteiger partial charge on any atom is -0.336 e. The highest BCUT2D eigenvalue weighted by Crippen LogP contribution is 2.24. The zero-order chi connectivity index (χ0) is 16.4. The van der Waals surface area contributed by atoms with Crippen LogP contribution in [0.2, 0.25) is 0 Å². The largest absolute Gasteiger partial charge is 0.336 e. The standard InChI is InChI=1S/C15H20FN3O3S/c16-12-3-1-5-14(9-12)23(21,22)18-7-2-4-13(11-18)19-8-6-17-10-15(19)20/h1,3,5,9,13,17H,2,4,6-8,10-11H2. The molecule has 1 N–H and O–H groups in total. The van der Waals surface area contributed by atoms with Crippen LogP contribution >= 0.6 is 0 Å². The predicted octanol–water partition coefficient (Wildman–Crippen LogP) is 0.411. The number of amides is 1. The second-order valence-corrected chi connectivity index (χ2v) is 7.82. The van der Waals surface area contributed by atoms with Crippen molar-refractivity contribution in [2.45, 2.75) is 23.8 Å². The van der Waals surface area contributed by atoms with Gasteiger partial charge in [-0.15, -0.1) is 0 Å². The molecule has 2 heterocycles. The van der Waals surface area contributed by atoms with Gasteiger partial charge in [-0.25, -0.2) is 12.8 Å². The van der Waals surface area contributed by atoms with E-state index in [-0.39, 0.29) is 23.4 Å². The average Bonchev–Trinajstić information content (AvgIpc) is 2.55. The van der Waals surface area contributed by atoms with Gasteiger partial charge in [0.05, 0.1) is 11.4 Å². The lowest BCUT2D eigenvalue weighted by Gasteiger charge is -2.40. The third-order valence-electron chi connectivity index (χ3n) is 4.36. The normalized spacial score (nSPS) is 24.0. The molecule has 3 rings (SSSR count). The van der Waals surface area contributed by atoms with Crippen LogP contribution < -0.4 is 5.32 Å². The van der Waals surface area contributed by atoms with Gasteiger partial charge in [0.1, 0.15) is 5.82 Å². The monoisotopic (exact) mass is 341 g/mol. The van der Waals surface area contributed by atoms with Crippen molar-refractivity contribution in [3.05, 3.63) is 30.1 Å². The number of carbonyl (C=O) groups is 1. The zero-order valence-electron chi connectivity index (χ0n) is 12.7. The van der Waals surface area contributed by atoms with Gasteiger partial charge >= 0.3 is 0 Å². The number of rotatable bonds is 3. The SMILES string of the molecule is O=C1CNCCN1C1CCCN(S(=O)(=O)c2cccc(F)c2)C1. The summed E-state index contributed by atoms with van der Waals surface area (Å²) in [6.45, 7) is 2.28. The molecule has 2 aliphatic heterocycles. The van der Waals surface area contributed by atoms with Gasteiger partial charge in [-0.3, -0.25) is 4.79 Å². The van der Waals surface area contributed by atoms with E-state index in [9.17, 15) is 17.6 Å². The van der Waals surface area contributed by atoms with Gasteiger partial charge in [-0.2, -0.15) is 4.31 Å². The van der Waals surface area contributed by atoms with E-state index in [1.54, 1.807) is 4.90 Å². The number of hydrogen-bond donors (Lipinski definition) is 1. The molecule has 0 aromatic heterocycles. The topological polar surface area (TPSA) is 69.7 Å². The fourth-order valence-corrected chi connectivity index (χ4v) is 4.73. The Morgan fingerprint density at radius 3 is 2.83 bits per heavy atom. The van der Waals surface area contributed by atoms with E-state index < -0.39 is 15.8 Å². The lowest BCUT2D eigenvalue weighted by Crippen LogP contribution is -2.57. The van der Waals surface area contributed by atoms with Crippen LogP contribution in [0.5, 0.6) is 0 Å². The maximum Gasteiger partial charge on any atom is 0.243 e. The van der Waals surface area contributed by atoms with E-state index in [4.69, 9.17) is 0 Å². The molecule has 0 radical (unpaired) electrons. The summed E-state index contributed by atoms with van der Waals surface area (Å²) in [5, 5.41) is 3.01. The number of nitrogens with zero attached hydrogens (tertiary/aromatic N) is 2. The lowest BCUT2D eigenvalue weighted by molar-refractivity contribution is -0.135. The Morgan fingerprint density at radius 2 is 2.09 bits per heavy atom. The first-order chi connectivity index (χ1) is 11.0. The van der Waals surface area contributed by atoms with Crippen LogP contribution in [-0.4, -0.2) is 62.3 Å². The predicted molar refractivity (Wildman–Crippen MR) is 82.8 cm³/mol. The minimum absolute atomic E-state index is 0.00579. The fourth-order valence-electron chi connectivity index (χ4n) is 3.18. The van der Waals surface area contributed by atoms with E-state index in [2.05, 4.69) is 5.32 Å². The molecule has 0 spiro atoms. The second-order valence-electron chi connectivity index (χ2n) is 5.88. The number of nitrogens with one attached hydrogen (secondary N) is 1. The van der Waals surface area contributed by atoms with Crippen molar-refractivity contribution >= 4 is 15.9 Å². The molecule has 1 amide bonds. The highest BCUT2D eigenvalue weighted by Gasteiger charge is 2.35. The summed E-state index contributed by atoms with van der Waals surface area (Å²) in [7, 11) is -3.73. The van der Waals surface area contributed by atoms with E-state index in [1.165, 1.54) is 22.5 Å². The van der Waals surface area contributed by atoms with E-state index in [1.807, 2.05) is 0 Å². The first-order valence-corrected chi connectivity index (χ1v) is 9.18. The molecular weight excluding hydrogens is 321 g/mol. The number of piperazine rings is 1. The molecule has 0 saturated carbocycles. The summed E-state index contributed by atoms with van der Waals surface area (Å²) in [5.74, 6) is -0.567. The number of piperidine rings is 1. The molecule has 1 aromatic rings. The second kappa shape index (κ2) is 6.54. The average molecular weight is 341 g/mol. The van der Waals surface area contributed by atoms with E-state index in [0.717, 1.165) is 19.0 Å². The van der Waals surface area contributed by atoms with Crippen LogP contribution in [0.1, 0.15) is 12.8 Å². The Labute approximate surface area is 135 Å². The molecule has 8 heteroatoms. The molecule has 2 fully saturated rings. The Kier molecular flexibility index (Phi) is 4.65. The fraction of sp³-hybridized carbons (Fsp3) is 0.533. The van der Waals surface area contributed by atoms with Crippen molar-refractivity contribution in [2.75, 3.05) is 32.7 Å². The van der Waals surface area contributed by atoms with Crippen molar-refractivity contribution in [3.63, 3.8) is 0 Å². The van der Waals surface area contributed by atoms with Crippen LogP contribution in [0, 0.1) is 5.82 Å². The van der Waals surface area contributed by atoms with E-state index in [0.29, 0.717) is 26.1 Å². The highest BCUT2D eigenvalue weighted by atomic mass is 32.2. The van der Waals surface area contributed by atoms with Gasteiger partial charge in [0, 0.05) is 32.2 Å². The number of sulfonamides is 1.